The molecule has 1 N–H and O–H groups in total. The highest BCUT2D eigenvalue weighted by Gasteiger charge is 2.25. The molecule has 1 heterocycles. The molecule has 0 unspecified atom stereocenters. The molecule has 0 amide bonds. The molecule has 1 atom stereocenters. The molecule has 0 fully saturated rings. The maximum absolute atomic E-state index is 14.0. The SMILES string of the molecule is COc1cc2c(cc1C(=O)c1ccc(C)cc1)c(C(=O)c1ccc(C)cc1)c(C)n2C/C=C/c1ccc(CO[C@H](C)C(=O)O)cc1. The van der Waals surface area contributed by atoms with Crippen molar-refractivity contribution in [3.05, 3.63) is 141 Å². The van der Waals surface area contributed by atoms with Gasteiger partial charge in [0, 0.05) is 34.8 Å². The number of methoxy groups -OCH3 is 1. The van der Waals surface area contributed by atoms with E-state index in [4.69, 9.17) is 14.6 Å². The Morgan fingerprint density at radius 2 is 1.41 bits per heavy atom. The molecule has 46 heavy (non-hydrogen) atoms. The Kier molecular flexibility index (Phi) is 9.64. The van der Waals surface area contributed by atoms with Crippen LogP contribution in [0.15, 0.2) is 91.0 Å². The number of nitrogens with zero attached hydrogens (tertiary/aromatic N) is 1. The van der Waals surface area contributed by atoms with Crippen LogP contribution in [0.2, 0.25) is 0 Å². The predicted molar refractivity (Wildman–Crippen MR) is 180 cm³/mol. The summed E-state index contributed by atoms with van der Waals surface area (Å²) in [5.41, 5.74) is 7.59. The van der Waals surface area contributed by atoms with E-state index in [2.05, 4.69) is 4.57 Å². The number of ether oxygens (including phenoxy) is 2. The number of aromatic nitrogens is 1. The summed E-state index contributed by atoms with van der Waals surface area (Å²) in [6.07, 6.45) is 3.13. The minimum absolute atomic E-state index is 0.112. The Labute approximate surface area is 268 Å². The van der Waals surface area contributed by atoms with Gasteiger partial charge in [0.1, 0.15) is 5.75 Å². The molecule has 0 aliphatic heterocycles. The fraction of sp³-hybridized carbons (Fsp3) is 0.205. The van der Waals surface area contributed by atoms with Crippen molar-refractivity contribution < 1.29 is 29.0 Å². The fourth-order valence-electron chi connectivity index (χ4n) is 5.39. The lowest BCUT2D eigenvalue weighted by molar-refractivity contribution is -0.149. The Bertz CT molecular complexity index is 1930. The maximum Gasteiger partial charge on any atom is 0.332 e. The van der Waals surface area contributed by atoms with Crippen LogP contribution in [0.3, 0.4) is 0 Å². The van der Waals surface area contributed by atoms with Crippen LogP contribution in [0.5, 0.6) is 5.75 Å². The van der Waals surface area contributed by atoms with E-state index in [0.717, 1.165) is 33.5 Å². The van der Waals surface area contributed by atoms with Crippen LogP contribution < -0.4 is 4.74 Å². The summed E-state index contributed by atoms with van der Waals surface area (Å²) in [4.78, 5) is 38.7. The molecular weight excluding hydrogens is 578 g/mol. The molecule has 5 rings (SSSR count). The summed E-state index contributed by atoms with van der Waals surface area (Å²) in [5, 5.41) is 9.71. The van der Waals surface area contributed by atoms with Crippen molar-refractivity contribution >= 4 is 34.5 Å². The first-order valence-corrected chi connectivity index (χ1v) is 15.1. The van der Waals surface area contributed by atoms with Crippen LogP contribution in [0.1, 0.15) is 66.7 Å². The summed E-state index contributed by atoms with van der Waals surface area (Å²) in [7, 11) is 1.54. The Hall–Kier alpha value is -5.27. The molecule has 234 valence electrons. The first kappa shape index (κ1) is 32.1. The van der Waals surface area contributed by atoms with Gasteiger partial charge in [-0.05, 0) is 44.9 Å². The number of aliphatic carboxylic acids is 1. The van der Waals surface area contributed by atoms with E-state index in [-0.39, 0.29) is 18.2 Å². The number of fused-ring (bicyclic) bond motifs is 1. The lowest BCUT2D eigenvalue weighted by Crippen LogP contribution is -2.19. The number of ketones is 2. The van der Waals surface area contributed by atoms with Crippen molar-refractivity contribution in [1.82, 2.24) is 4.57 Å². The summed E-state index contributed by atoms with van der Waals surface area (Å²) in [5.74, 6) is -0.851. The molecule has 0 radical (unpaired) electrons. The molecule has 7 heteroatoms. The van der Waals surface area contributed by atoms with Crippen LogP contribution in [0, 0.1) is 20.8 Å². The first-order chi connectivity index (χ1) is 22.1. The largest absolute Gasteiger partial charge is 0.496 e. The molecule has 1 aromatic heterocycles. The van der Waals surface area contributed by atoms with Crippen LogP contribution in [-0.4, -0.2) is 40.4 Å². The zero-order chi connectivity index (χ0) is 33.0. The van der Waals surface area contributed by atoms with Gasteiger partial charge in [0.2, 0.25) is 0 Å². The molecule has 0 spiro atoms. The number of hydrogen-bond donors (Lipinski definition) is 1. The molecule has 0 saturated carbocycles. The Morgan fingerprint density at radius 3 is 1.98 bits per heavy atom. The summed E-state index contributed by atoms with van der Waals surface area (Å²) >= 11 is 0. The van der Waals surface area contributed by atoms with Crippen molar-refractivity contribution in [3.8, 4) is 5.75 Å². The normalized spacial score (nSPS) is 12.0. The highest BCUT2D eigenvalue weighted by Crippen LogP contribution is 2.35. The lowest BCUT2D eigenvalue weighted by Gasteiger charge is -2.11. The number of carbonyl (C=O) groups is 3. The average molecular weight is 616 g/mol. The van der Waals surface area contributed by atoms with Gasteiger partial charge in [0.25, 0.3) is 0 Å². The molecule has 0 bridgehead atoms. The Morgan fingerprint density at radius 1 is 0.826 bits per heavy atom. The molecule has 7 nitrogen and oxygen atoms in total. The predicted octanol–water partition coefficient (Wildman–Crippen LogP) is 7.74. The zero-order valence-electron chi connectivity index (χ0n) is 26.7. The van der Waals surface area contributed by atoms with Crippen LogP contribution in [-0.2, 0) is 22.7 Å². The minimum Gasteiger partial charge on any atom is -0.496 e. The summed E-state index contributed by atoms with van der Waals surface area (Å²) in [6.45, 7) is 8.06. The Balaban J connectivity index is 1.52. The number of hydrogen-bond acceptors (Lipinski definition) is 5. The van der Waals surface area contributed by atoms with E-state index in [0.29, 0.717) is 39.9 Å². The van der Waals surface area contributed by atoms with Crippen molar-refractivity contribution in [1.29, 1.82) is 0 Å². The molecule has 5 aromatic rings. The van der Waals surface area contributed by atoms with Gasteiger partial charge < -0.3 is 19.1 Å². The van der Waals surface area contributed by atoms with Crippen molar-refractivity contribution in [3.63, 3.8) is 0 Å². The summed E-state index contributed by atoms with van der Waals surface area (Å²) < 4.78 is 13.2. The van der Waals surface area contributed by atoms with E-state index in [1.807, 2.05) is 99.7 Å². The van der Waals surface area contributed by atoms with Crippen LogP contribution in [0.4, 0.5) is 0 Å². The standard InChI is InChI=1S/C39H37NO6/c1-24-8-16-30(17-9-24)37(41)33-21-32-34(22-35(33)45-5)40(26(3)36(32)38(42)31-18-10-25(2)11-19-31)20-6-7-28-12-14-29(15-13-28)23-46-27(4)39(43)44/h6-19,21-22,27H,20,23H2,1-5H3,(H,43,44)/b7-6+/t27-/m1/s1. The van der Waals surface area contributed by atoms with Crippen LogP contribution >= 0.6 is 0 Å². The second kappa shape index (κ2) is 13.8. The molecule has 0 saturated heterocycles. The van der Waals surface area contributed by atoms with Gasteiger partial charge in [-0.2, -0.15) is 0 Å². The number of carboxylic acids is 1. The number of carboxylic acid groups (broad SMARTS) is 1. The number of benzene rings is 4. The monoisotopic (exact) mass is 615 g/mol. The number of carbonyl (C=O) groups excluding carboxylic acids is 2. The van der Waals surface area contributed by atoms with E-state index < -0.39 is 12.1 Å². The van der Waals surface area contributed by atoms with Crippen molar-refractivity contribution in [2.45, 2.75) is 47.0 Å². The lowest BCUT2D eigenvalue weighted by atomic mass is 9.96. The van der Waals surface area contributed by atoms with E-state index >= 15 is 0 Å². The fourth-order valence-corrected chi connectivity index (χ4v) is 5.39. The van der Waals surface area contributed by atoms with Gasteiger partial charge in [-0.3, -0.25) is 9.59 Å². The number of aryl methyl sites for hydroxylation is 2. The second-order valence-corrected chi connectivity index (χ2v) is 11.5. The average Bonchev–Trinajstić information content (AvgIpc) is 3.33. The number of rotatable bonds is 12. The van der Waals surface area contributed by atoms with Gasteiger partial charge in [0.15, 0.2) is 17.7 Å². The third-order valence-electron chi connectivity index (χ3n) is 8.17. The highest BCUT2D eigenvalue weighted by atomic mass is 16.5. The van der Waals surface area contributed by atoms with Gasteiger partial charge in [-0.25, -0.2) is 4.79 Å². The molecule has 0 aliphatic rings. The van der Waals surface area contributed by atoms with Crippen LogP contribution in [0.25, 0.3) is 17.0 Å². The third kappa shape index (κ3) is 6.85. The van der Waals surface area contributed by atoms with Crippen molar-refractivity contribution in [2.24, 2.45) is 0 Å². The van der Waals surface area contributed by atoms with Crippen molar-refractivity contribution in [2.75, 3.05) is 7.11 Å². The van der Waals surface area contributed by atoms with Gasteiger partial charge in [-0.1, -0.05) is 96.1 Å². The van der Waals surface area contributed by atoms with E-state index in [1.54, 1.807) is 25.3 Å². The summed E-state index contributed by atoms with van der Waals surface area (Å²) in [6, 6.07) is 26.2. The molecular formula is C39H37NO6. The number of allylic oxidation sites excluding steroid dienone is 1. The van der Waals surface area contributed by atoms with Gasteiger partial charge >= 0.3 is 5.97 Å². The van der Waals surface area contributed by atoms with Gasteiger partial charge in [0.05, 0.1) is 30.4 Å². The third-order valence-corrected chi connectivity index (χ3v) is 8.17. The zero-order valence-corrected chi connectivity index (χ0v) is 26.7. The quantitative estimate of drug-likeness (QED) is 0.144. The van der Waals surface area contributed by atoms with Gasteiger partial charge in [-0.15, -0.1) is 0 Å². The minimum atomic E-state index is -0.997. The topological polar surface area (TPSA) is 94.8 Å². The maximum atomic E-state index is 14.0. The smallest absolute Gasteiger partial charge is 0.332 e. The van der Waals surface area contributed by atoms with E-state index in [9.17, 15) is 14.4 Å². The molecule has 0 aliphatic carbocycles. The highest BCUT2D eigenvalue weighted by molar-refractivity contribution is 6.20. The second-order valence-electron chi connectivity index (χ2n) is 11.5. The van der Waals surface area contributed by atoms with E-state index in [1.165, 1.54) is 6.92 Å². The molecule has 4 aromatic carbocycles. The first-order valence-electron chi connectivity index (χ1n) is 15.1.